The second-order valence-corrected chi connectivity index (χ2v) is 7.18. The van der Waals surface area contributed by atoms with E-state index in [9.17, 15) is 0 Å². The Morgan fingerprint density at radius 2 is 1.92 bits per heavy atom. The molecule has 0 unspecified atom stereocenters. The zero-order valence-electron chi connectivity index (χ0n) is 14.6. The molecule has 6 nitrogen and oxygen atoms in total. The topological polar surface area (TPSA) is 50.3 Å². The molecule has 130 valence electrons. The van der Waals surface area contributed by atoms with Crippen LogP contribution in [0.25, 0.3) is 11.1 Å². The summed E-state index contributed by atoms with van der Waals surface area (Å²) in [6.07, 6.45) is 4.69. The Morgan fingerprint density at radius 3 is 2.68 bits per heavy atom. The van der Waals surface area contributed by atoms with Crippen molar-refractivity contribution in [3.05, 3.63) is 41.7 Å². The third-order valence-corrected chi connectivity index (χ3v) is 5.35. The number of para-hydroxylation sites is 2. The Kier molecular flexibility index (Phi) is 3.52. The van der Waals surface area contributed by atoms with Gasteiger partial charge in [-0.3, -0.25) is 9.58 Å². The van der Waals surface area contributed by atoms with Gasteiger partial charge in [-0.1, -0.05) is 12.1 Å². The number of aryl methyl sites for hydroxylation is 1. The van der Waals surface area contributed by atoms with Gasteiger partial charge in [0.05, 0.1) is 6.20 Å². The van der Waals surface area contributed by atoms with Gasteiger partial charge in [0, 0.05) is 56.9 Å². The maximum Gasteiger partial charge on any atom is 0.298 e. The Labute approximate surface area is 147 Å². The van der Waals surface area contributed by atoms with Crippen LogP contribution in [0, 0.1) is 0 Å². The Hall–Kier alpha value is -2.34. The van der Waals surface area contributed by atoms with Crippen LogP contribution in [0.2, 0.25) is 0 Å². The van der Waals surface area contributed by atoms with Crippen molar-refractivity contribution in [1.82, 2.24) is 19.7 Å². The van der Waals surface area contributed by atoms with Crippen LogP contribution in [0.5, 0.6) is 0 Å². The molecule has 6 heteroatoms. The molecule has 2 aromatic heterocycles. The molecule has 1 aliphatic heterocycles. The van der Waals surface area contributed by atoms with Crippen LogP contribution in [0.3, 0.4) is 0 Å². The number of anilines is 1. The maximum atomic E-state index is 5.91. The summed E-state index contributed by atoms with van der Waals surface area (Å²) < 4.78 is 7.98. The molecular formula is C19H23N5O. The van der Waals surface area contributed by atoms with Crippen LogP contribution in [0.15, 0.2) is 34.9 Å². The molecule has 3 aromatic rings. The van der Waals surface area contributed by atoms with Gasteiger partial charge in [-0.25, -0.2) is 0 Å². The first-order valence-electron chi connectivity index (χ1n) is 9.11. The minimum Gasteiger partial charge on any atom is -0.423 e. The lowest BCUT2D eigenvalue weighted by Crippen LogP contribution is -2.46. The number of hydrogen-bond donors (Lipinski definition) is 0. The molecule has 1 aromatic carbocycles. The van der Waals surface area contributed by atoms with Crippen LogP contribution < -0.4 is 4.90 Å². The van der Waals surface area contributed by atoms with Crippen LogP contribution in [0.1, 0.15) is 30.0 Å². The third-order valence-electron chi connectivity index (χ3n) is 5.35. The molecular weight excluding hydrogens is 314 g/mol. The van der Waals surface area contributed by atoms with Gasteiger partial charge >= 0.3 is 0 Å². The fraction of sp³-hybridized carbons (Fsp3) is 0.474. The van der Waals surface area contributed by atoms with Crippen molar-refractivity contribution in [3.63, 3.8) is 0 Å². The lowest BCUT2D eigenvalue weighted by Gasteiger charge is -2.33. The Morgan fingerprint density at radius 1 is 1.12 bits per heavy atom. The SMILES string of the molecule is Cn1ncc(CN2CCN(c3nc4ccccc4o3)CC2)c1C1CC1. The summed E-state index contributed by atoms with van der Waals surface area (Å²) in [7, 11) is 2.07. The van der Waals surface area contributed by atoms with Gasteiger partial charge in [-0.15, -0.1) is 0 Å². The van der Waals surface area contributed by atoms with Gasteiger partial charge in [-0.2, -0.15) is 10.1 Å². The summed E-state index contributed by atoms with van der Waals surface area (Å²) in [6, 6.07) is 8.71. The molecule has 1 saturated carbocycles. The van der Waals surface area contributed by atoms with E-state index in [1.807, 2.05) is 24.3 Å². The molecule has 3 heterocycles. The van der Waals surface area contributed by atoms with Gasteiger partial charge in [0.1, 0.15) is 5.52 Å². The Balaban J connectivity index is 1.25. The predicted octanol–water partition coefficient (Wildman–Crippen LogP) is 2.76. The summed E-state index contributed by atoms with van der Waals surface area (Å²) in [6.45, 7) is 4.95. The molecule has 0 radical (unpaired) electrons. The number of aromatic nitrogens is 3. The van der Waals surface area contributed by atoms with Crippen molar-refractivity contribution in [2.75, 3.05) is 31.1 Å². The van der Waals surface area contributed by atoms with E-state index in [-0.39, 0.29) is 0 Å². The van der Waals surface area contributed by atoms with Crippen molar-refractivity contribution in [2.24, 2.45) is 7.05 Å². The molecule has 5 rings (SSSR count). The molecule has 0 atom stereocenters. The number of oxazole rings is 1. The lowest BCUT2D eigenvalue weighted by atomic mass is 10.1. The smallest absolute Gasteiger partial charge is 0.298 e. The van der Waals surface area contributed by atoms with Crippen molar-refractivity contribution in [2.45, 2.75) is 25.3 Å². The van der Waals surface area contributed by atoms with E-state index in [1.54, 1.807) is 0 Å². The second-order valence-electron chi connectivity index (χ2n) is 7.18. The third kappa shape index (κ3) is 2.80. The first-order valence-corrected chi connectivity index (χ1v) is 9.11. The van der Waals surface area contributed by atoms with Gasteiger partial charge < -0.3 is 9.32 Å². The molecule has 1 saturated heterocycles. The molecule has 1 aliphatic carbocycles. The lowest BCUT2D eigenvalue weighted by molar-refractivity contribution is 0.245. The number of rotatable bonds is 4. The maximum absolute atomic E-state index is 5.91. The largest absolute Gasteiger partial charge is 0.423 e. The normalized spacial score (nSPS) is 19.0. The van der Waals surface area contributed by atoms with E-state index < -0.39 is 0 Å². The van der Waals surface area contributed by atoms with Gasteiger partial charge in [-0.05, 0) is 25.0 Å². The zero-order chi connectivity index (χ0) is 16.8. The Bertz CT molecular complexity index is 853. The first kappa shape index (κ1) is 15.0. The van der Waals surface area contributed by atoms with E-state index in [2.05, 4.69) is 37.8 Å². The number of hydrogen-bond acceptors (Lipinski definition) is 5. The van der Waals surface area contributed by atoms with Crippen molar-refractivity contribution < 1.29 is 4.42 Å². The molecule has 0 amide bonds. The fourth-order valence-corrected chi connectivity index (χ4v) is 3.83. The summed E-state index contributed by atoms with van der Waals surface area (Å²) in [4.78, 5) is 9.39. The van der Waals surface area contributed by atoms with Crippen molar-refractivity contribution in [3.8, 4) is 0 Å². The first-order chi connectivity index (χ1) is 12.3. The van der Waals surface area contributed by atoms with E-state index in [1.165, 1.54) is 24.1 Å². The molecule has 2 aliphatic rings. The highest BCUT2D eigenvalue weighted by Gasteiger charge is 2.30. The molecule has 0 N–H and O–H groups in total. The number of nitrogens with zero attached hydrogens (tertiary/aromatic N) is 5. The quantitative estimate of drug-likeness (QED) is 0.733. The second kappa shape index (κ2) is 5.88. The molecule has 2 fully saturated rings. The highest BCUT2D eigenvalue weighted by atomic mass is 16.4. The minimum atomic E-state index is 0.739. The van der Waals surface area contributed by atoms with Crippen molar-refractivity contribution in [1.29, 1.82) is 0 Å². The minimum absolute atomic E-state index is 0.739. The van der Waals surface area contributed by atoms with Crippen molar-refractivity contribution >= 4 is 17.1 Å². The van der Waals surface area contributed by atoms with Gasteiger partial charge in [0.2, 0.25) is 0 Å². The molecule has 0 spiro atoms. The van der Waals surface area contributed by atoms with Crippen LogP contribution >= 0.6 is 0 Å². The van der Waals surface area contributed by atoms with Gasteiger partial charge in [0.25, 0.3) is 6.01 Å². The van der Waals surface area contributed by atoms with Crippen LogP contribution in [0.4, 0.5) is 6.01 Å². The standard InChI is InChI=1S/C19H23N5O/c1-22-18(14-6-7-14)15(12-20-22)13-23-8-10-24(11-9-23)19-21-16-4-2-3-5-17(16)25-19/h2-5,12,14H,6-11,13H2,1H3. The van der Waals surface area contributed by atoms with E-state index >= 15 is 0 Å². The van der Waals surface area contributed by atoms with E-state index in [4.69, 9.17) is 4.42 Å². The van der Waals surface area contributed by atoms with Crippen LogP contribution in [-0.2, 0) is 13.6 Å². The average molecular weight is 337 g/mol. The summed E-state index contributed by atoms with van der Waals surface area (Å²) in [5, 5.41) is 4.48. The highest BCUT2D eigenvalue weighted by molar-refractivity contribution is 5.74. The number of fused-ring (bicyclic) bond motifs is 1. The van der Waals surface area contributed by atoms with Gasteiger partial charge in [0.15, 0.2) is 5.58 Å². The molecule has 25 heavy (non-hydrogen) atoms. The summed E-state index contributed by atoms with van der Waals surface area (Å²) in [5.74, 6) is 0.739. The summed E-state index contributed by atoms with van der Waals surface area (Å²) >= 11 is 0. The monoisotopic (exact) mass is 337 g/mol. The summed E-state index contributed by atoms with van der Waals surface area (Å²) in [5.41, 5.74) is 4.65. The highest BCUT2D eigenvalue weighted by Crippen LogP contribution is 2.41. The molecule has 0 bridgehead atoms. The zero-order valence-corrected chi connectivity index (χ0v) is 14.6. The number of benzene rings is 1. The van der Waals surface area contributed by atoms with E-state index in [0.717, 1.165) is 55.8 Å². The number of piperazine rings is 1. The average Bonchev–Trinajstić information content (AvgIpc) is 3.26. The van der Waals surface area contributed by atoms with E-state index in [0.29, 0.717) is 0 Å². The fourth-order valence-electron chi connectivity index (χ4n) is 3.83. The van der Waals surface area contributed by atoms with Crippen LogP contribution in [-0.4, -0.2) is 45.8 Å². The predicted molar refractivity (Wildman–Crippen MR) is 96.7 cm³/mol.